The van der Waals surface area contributed by atoms with Crippen LogP contribution in [-0.2, 0) is 12.8 Å². The molecule has 0 spiro atoms. The van der Waals surface area contributed by atoms with Gasteiger partial charge in [0.15, 0.2) is 0 Å². The van der Waals surface area contributed by atoms with Crippen LogP contribution >= 0.6 is 0 Å². The number of aromatic carboxylic acids is 1. The zero-order valence-electron chi connectivity index (χ0n) is 11.7. The molecule has 0 radical (unpaired) electrons. The van der Waals surface area contributed by atoms with E-state index >= 15 is 0 Å². The summed E-state index contributed by atoms with van der Waals surface area (Å²) < 4.78 is 0. The molecule has 108 valence electrons. The number of aryl methyl sites for hydroxylation is 1. The minimum Gasteiger partial charge on any atom is -0.478 e. The van der Waals surface area contributed by atoms with Gasteiger partial charge in [0.05, 0.1) is 5.56 Å². The second-order valence-electron chi connectivity index (χ2n) is 5.38. The Kier molecular flexibility index (Phi) is 3.52. The van der Waals surface area contributed by atoms with Gasteiger partial charge in [0, 0.05) is 17.1 Å². The van der Waals surface area contributed by atoms with E-state index < -0.39 is 5.97 Å². The van der Waals surface area contributed by atoms with Crippen LogP contribution in [0.15, 0.2) is 36.4 Å². The fourth-order valence-electron chi connectivity index (χ4n) is 2.89. The highest BCUT2D eigenvalue weighted by molar-refractivity contribution is 5.94. The first kappa shape index (κ1) is 13.5. The number of carboxylic acids is 1. The van der Waals surface area contributed by atoms with Crippen molar-refractivity contribution in [3.05, 3.63) is 53.1 Å². The van der Waals surface area contributed by atoms with E-state index in [1.807, 2.05) is 0 Å². The molecule has 0 bridgehead atoms. The third-order valence-corrected chi connectivity index (χ3v) is 3.96. The van der Waals surface area contributed by atoms with Crippen LogP contribution in [0.5, 0.6) is 0 Å². The number of nitrogens with two attached hydrogens (primary N) is 1. The number of nitrogens with one attached hydrogen (secondary N) is 1. The third-order valence-electron chi connectivity index (χ3n) is 3.96. The zero-order chi connectivity index (χ0) is 14.8. The van der Waals surface area contributed by atoms with Crippen LogP contribution in [0.3, 0.4) is 0 Å². The van der Waals surface area contributed by atoms with Crippen LogP contribution in [0.2, 0.25) is 0 Å². The largest absolute Gasteiger partial charge is 0.478 e. The number of benzene rings is 2. The van der Waals surface area contributed by atoms with Gasteiger partial charge in [-0.1, -0.05) is 12.1 Å². The summed E-state index contributed by atoms with van der Waals surface area (Å²) in [6.45, 7) is 0. The van der Waals surface area contributed by atoms with Crippen LogP contribution in [0.4, 0.5) is 17.1 Å². The third kappa shape index (κ3) is 2.70. The topological polar surface area (TPSA) is 75.3 Å². The number of hydrogen-bond acceptors (Lipinski definition) is 3. The van der Waals surface area contributed by atoms with Gasteiger partial charge in [0.25, 0.3) is 0 Å². The summed E-state index contributed by atoms with van der Waals surface area (Å²) in [7, 11) is 0. The molecule has 1 aliphatic carbocycles. The van der Waals surface area contributed by atoms with Gasteiger partial charge in [-0.25, -0.2) is 4.79 Å². The fraction of sp³-hybridized carbons (Fsp3) is 0.235. The summed E-state index contributed by atoms with van der Waals surface area (Å²) >= 11 is 0. The first-order chi connectivity index (χ1) is 10.1. The highest BCUT2D eigenvalue weighted by Crippen LogP contribution is 2.30. The smallest absolute Gasteiger partial charge is 0.337 e. The Balaban J connectivity index is 1.91. The average Bonchev–Trinajstić information content (AvgIpc) is 2.47. The van der Waals surface area contributed by atoms with Crippen molar-refractivity contribution in [3.8, 4) is 0 Å². The number of hydrogen-bond donors (Lipinski definition) is 3. The summed E-state index contributed by atoms with van der Waals surface area (Å²) in [6, 6.07) is 11.3. The van der Waals surface area contributed by atoms with Crippen molar-refractivity contribution in [1.82, 2.24) is 0 Å². The van der Waals surface area contributed by atoms with E-state index in [0.717, 1.165) is 24.2 Å². The quantitative estimate of drug-likeness (QED) is 0.752. The Labute approximate surface area is 123 Å². The lowest BCUT2D eigenvalue weighted by Crippen LogP contribution is -2.07. The number of anilines is 3. The van der Waals surface area contributed by atoms with E-state index in [0.29, 0.717) is 0 Å². The summed E-state index contributed by atoms with van der Waals surface area (Å²) in [4.78, 5) is 11.0. The van der Waals surface area contributed by atoms with E-state index in [2.05, 4.69) is 23.5 Å². The van der Waals surface area contributed by atoms with Crippen molar-refractivity contribution in [2.45, 2.75) is 25.7 Å². The monoisotopic (exact) mass is 282 g/mol. The highest BCUT2D eigenvalue weighted by Gasteiger charge is 2.13. The molecule has 0 saturated carbocycles. The van der Waals surface area contributed by atoms with E-state index in [4.69, 9.17) is 10.8 Å². The Morgan fingerprint density at radius 3 is 2.71 bits per heavy atom. The molecule has 0 saturated heterocycles. The van der Waals surface area contributed by atoms with Gasteiger partial charge in [0.2, 0.25) is 0 Å². The zero-order valence-corrected chi connectivity index (χ0v) is 11.7. The molecule has 2 aromatic carbocycles. The van der Waals surface area contributed by atoms with Crippen molar-refractivity contribution in [2.75, 3.05) is 11.1 Å². The maximum atomic E-state index is 11.0. The SMILES string of the molecule is Nc1cc(Nc2cccc3c2CCCC3)ccc1C(=O)O. The molecular formula is C17H18N2O2. The second-order valence-corrected chi connectivity index (χ2v) is 5.38. The summed E-state index contributed by atoms with van der Waals surface area (Å²) in [6.07, 6.45) is 4.68. The van der Waals surface area contributed by atoms with Crippen molar-refractivity contribution in [1.29, 1.82) is 0 Å². The van der Waals surface area contributed by atoms with Gasteiger partial charge < -0.3 is 16.2 Å². The number of carbonyl (C=O) groups is 1. The Hall–Kier alpha value is -2.49. The molecule has 0 aliphatic heterocycles. The normalized spacial score (nSPS) is 13.5. The standard InChI is InChI=1S/C17H18N2O2/c18-15-10-12(8-9-14(15)17(20)21)19-16-7-3-5-11-4-1-2-6-13(11)16/h3,5,7-10,19H,1-2,4,6,18H2,(H,20,21). The van der Waals surface area contributed by atoms with Crippen LogP contribution < -0.4 is 11.1 Å². The molecular weight excluding hydrogens is 264 g/mol. The van der Waals surface area contributed by atoms with Crippen molar-refractivity contribution in [2.24, 2.45) is 0 Å². The minimum atomic E-state index is -1.00. The Morgan fingerprint density at radius 1 is 1.14 bits per heavy atom. The molecule has 4 N–H and O–H groups in total. The molecule has 0 heterocycles. The summed E-state index contributed by atoms with van der Waals surface area (Å²) in [5.41, 5.74) is 10.9. The average molecular weight is 282 g/mol. The molecule has 0 fully saturated rings. The minimum absolute atomic E-state index is 0.135. The highest BCUT2D eigenvalue weighted by atomic mass is 16.4. The first-order valence-electron chi connectivity index (χ1n) is 7.16. The maximum Gasteiger partial charge on any atom is 0.337 e. The van der Waals surface area contributed by atoms with Crippen LogP contribution in [-0.4, -0.2) is 11.1 Å². The van der Waals surface area contributed by atoms with Gasteiger partial charge in [0.1, 0.15) is 0 Å². The molecule has 4 nitrogen and oxygen atoms in total. The van der Waals surface area contributed by atoms with Gasteiger partial charge in [-0.15, -0.1) is 0 Å². The molecule has 21 heavy (non-hydrogen) atoms. The van der Waals surface area contributed by atoms with E-state index in [-0.39, 0.29) is 11.3 Å². The lowest BCUT2D eigenvalue weighted by Gasteiger charge is -2.20. The molecule has 0 amide bonds. The number of nitrogen functional groups attached to an aromatic ring is 1. The Morgan fingerprint density at radius 2 is 1.95 bits per heavy atom. The van der Waals surface area contributed by atoms with Gasteiger partial charge in [-0.3, -0.25) is 0 Å². The molecule has 1 aliphatic rings. The van der Waals surface area contributed by atoms with Crippen LogP contribution in [0.1, 0.15) is 34.3 Å². The predicted octanol–water partition coefficient (Wildman–Crippen LogP) is 3.59. The maximum absolute atomic E-state index is 11.0. The van der Waals surface area contributed by atoms with E-state index in [9.17, 15) is 4.79 Å². The summed E-state index contributed by atoms with van der Waals surface area (Å²) in [5.74, 6) is -1.00. The van der Waals surface area contributed by atoms with E-state index in [1.165, 1.54) is 30.0 Å². The molecule has 0 aromatic heterocycles. The van der Waals surface area contributed by atoms with Crippen molar-refractivity contribution in [3.63, 3.8) is 0 Å². The van der Waals surface area contributed by atoms with Gasteiger partial charge >= 0.3 is 5.97 Å². The van der Waals surface area contributed by atoms with Crippen LogP contribution in [0, 0.1) is 0 Å². The van der Waals surface area contributed by atoms with Crippen molar-refractivity contribution < 1.29 is 9.90 Å². The lowest BCUT2D eigenvalue weighted by atomic mass is 9.90. The molecule has 0 unspecified atom stereocenters. The Bertz CT molecular complexity index is 695. The predicted molar refractivity (Wildman–Crippen MR) is 84.2 cm³/mol. The fourth-order valence-corrected chi connectivity index (χ4v) is 2.89. The second kappa shape index (κ2) is 5.48. The molecule has 0 atom stereocenters. The molecule has 2 aromatic rings. The number of fused-ring (bicyclic) bond motifs is 1. The molecule has 4 heteroatoms. The van der Waals surface area contributed by atoms with Crippen molar-refractivity contribution >= 4 is 23.0 Å². The first-order valence-corrected chi connectivity index (χ1v) is 7.16. The van der Waals surface area contributed by atoms with Gasteiger partial charge in [-0.2, -0.15) is 0 Å². The van der Waals surface area contributed by atoms with Crippen LogP contribution in [0.25, 0.3) is 0 Å². The van der Waals surface area contributed by atoms with E-state index in [1.54, 1.807) is 12.1 Å². The van der Waals surface area contributed by atoms with Gasteiger partial charge in [-0.05, 0) is 61.1 Å². The summed E-state index contributed by atoms with van der Waals surface area (Å²) in [5, 5.41) is 12.4. The number of rotatable bonds is 3. The molecule has 3 rings (SSSR count). The lowest BCUT2D eigenvalue weighted by molar-refractivity contribution is 0.0698. The number of carboxylic acid groups (broad SMARTS) is 1.